The molecule has 2 aliphatic heterocycles. The normalized spacial score (nSPS) is 21.4. The molecule has 0 aliphatic carbocycles. The SMILES string of the molecule is Cc1ccc(N2C(=O)CS(=O)(=O)[C@]23C(=O)N(Cc2cccc(C)c2)c2ccccc23)cc1. The summed E-state index contributed by atoms with van der Waals surface area (Å²) in [7, 11) is -4.15. The lowest BCUT2D eigenvalue weighted by Gasteiger charge is -2.32. The van der Waals surface area contributed by atoms with Gasteiger partial charge in [-0.25, -0.2) is 8.42 Å². The van der Waals surface area contributed by atoms with E-state index in [2.05, 4.69) is 0 Å². The van der Waals surface area contributed by atoms with E-state index in [9.17, 15) is 18.0 Å². The van der Waals surface area contributed by atoms with E-state index in [0.717, 1.165) is 16.7 Å². The number of sulfone groups is 1. The van der Waals surface area contributed by atoms with Crippen molar-refractivity contribution in [2.24, 2.45) is 0 Å². The first-order valence-electron chi connectivity index (χ1n) is 10.3. The van der Waals surface area contributed by atoms with Crippen molar-refractivity contribution in [1.29, 1.82) is 0 Å². The molecular formula is C25H22N2O4S. The number of fused-ring (bicyclic) bond motifs is 2. The molecule has 2 aliphatic rings. The summed E-state index contributed by atoms with van der Waals surface area (Å²) in [6.45, 7) is 4.08. The van der Waals surface area contributed by atoms with Crippen LogP contribution < -0.4 is 9.80 Å². The Morgan fingerprint density at radius 1 is 0.875 bits per heavy atom. The summed E-state index contributed by atoms with van der Waals surface area (Å²) < 4.78 is 27.1. The van der Waals surface area contributed by atoms with Gasteiger partial charge in [-0.2, -0.15) is 0 Å². The molecule has 3 aromatic rings. The zero-order valence-electron chi connectivity index (χ0n) is 17.8. The number of anilines is 2. The highest BCUT2D eigenvalue weighted by molar-refractivity contribution is 7.94. The number of hydrogen-bond acceptors (Lipinski definition) is 4. The van der Waals surface area contributed by atoms with Crippen LogP contribution in [-0.2, 0) is 30.8 Å². The minimum Gasteiger partial charge on any atom is -0.304 e. The second-order valence-electron chi connectivity index (χ2n) is 8.37. The number of carbonyl (C=O) groups is 2. The Labute approximate surface area is 187 Å². The van der Waals surface area contributed by atoms with E-state index in [1.165, 1.54) is 9.80 Å². The van der Waals surface area contributed by atoms with Crippen LogP contribution in [0.2, 0.25) is 0 Å². The summed E-state index contributed by atoms with van der Waals surface area (Å²) in [6.07, 6.45) is 0. The number of hydrogen-bond donors (Lipinski definition) is 0. The molecule has 1 saturated heterocycles. The molecule has 3 aromatic carbocycles. The van der Waals surface area contributed by atoms with E-state index in [-0.39, 0.29) is 6.54 Å². The van der Waals surface area contributed by atoms with Gasteiger partial charge in [0.1, 0.15) is 5.75 Å². The monoisotopic (exact) mass is 446 g/mol. The topological polar surface area (TPSA) is 74.8 Å². The average molecular weight is 447 g/mol. The maximum atomic E-state index is 14.0. The maximum Gasteiger partial charge on any atom is 0.274 e. The predicted molar refractivity (Wildman–Crippen MR) is 123 cm³/mol. The standard InChI is InChI=1S/C25H22N2O4S/c1-17-10-12-20(13-11-17)27-23(28)16-32(30,31)25(27)21-8-3-4-9-22(21)26(24(25)29)15-19-7-5-6-18(2)14-19/h3-14H,15-16H2,1-2H3/t25-/m1/s1. The van der Waals surface area contributed by atoms with Gasteiger partial charge in [0.15, 0.2) is 9.84 Å². The number of benzene rings is 3. The van der Waals surface area contributed by atoms with Crippen molar-refractivity contribution in [2.45, 2.75) is 25.3 Å². The average Bonchev–Trinajstić information content (AvgIpc) is 3.12. The van der Waals surface area contributed by atoms with Gasteiger partial charge >= 0.3 is 0 Å². The Bertz CT molecular complexity index is 1360. The Kier molecular flexibility index (Phi) is 4.49. The van der Waals surface area contributed by atoms with Gasteiger partial charge in [-0.15, -0.1) is 0 Å². The smallest absolute Gasteiger partial charge is 0.274 e. The molecule has 5 rings (SSSR count). The first kappa shape index (κ1) is 20.5. The summed E-state index contributed by atoms with van der Waals surface area (Å²) in [5, 5.41) is 0. The minimum atomic E-state index is -4.15. The van der Waals surface area contributed by atoms with Gasteiger partial charge in [0.05, 0.1) is 12.2 Å². The van der Waals surface area contributed by atoms with Crippen LogP contribution in [0.3, 0.4) is 0 Å². The number of amides is 2. The van der Waals surface area contributed by atoms with Crippen LogP contribution in [0.25, 0.3) is 0 Å². The fourth-order valence-electron chi connectivity index (χ4n) is 4.74. The van der Waals surface area contributed by atoms with Gasteiger partial charge in [0.25, 0.3) is 10.8 Å². The van der Waals surface area contributed by atoms with Crippen LogP contribution in [0.1, 0.15) is 22.3 Å². The zero-order chi connectivity index (χ0) is 22.7. The molecule has 2 amide bonds. The Balaban J connectivity index is 1.73. The molecule has 6 nitrogen and oxygen atoms in total. The number of carbonyl (C=O) groups excluding carboxylic acids is 2. The van der Waals surface area contributed by atoms with Gasteiger partial charge in [-0.1, -0.05) is 65.7 Å². The Morgan fingerprint density at radius 3 is 2.31 bits per heavy atom. The van der Waals surface area contributed by atoms with Crippen LogP contribution in [0.5, 0.6) is 0 Å². The Hall–Kier alpha value is -3.45. The highest BCUT2D eigenvalue weighted by Crippen LogP contribution is 2.52. The summed E-state index contributed by atoms with van der Waals surface area (Å²) in [6, 6.07) is 21.6. The molecule has 0 unspecified atom stereocenters. The van der Waals surface area contributed by atoms with E-state index in [4.69, 9.17) is 0 Å². The van der Waals surface area contributed by atoms with Gasteiger partial charge in [0.2, 0.25) is 5.91 Å². The van der Waals surface area contributed by atoms with Crippen molar-refractivity contribution in [1.82, 2.24) is 0 Å². The van der Waals surface area contributed by atoms with Crippen LogP contribution in [0.4, 0.5) is 11.4 Å². The van der Waals surface area contributed by atoms with Crippen LogP contribution in [-0.4, -0.2) is 26.0 Å². The molecule has 0 radical (unpaired) electrons. The third-order valence-corrected chi connectivity index (χ3v) is 8.24. The summed E-state index contributed by atoms with van der Waals surface area (Å²) in [5.41, 5.74) is 4.12. The lowest BCUT2D eigenvalue weighted by Crippen LogP contribution is -2.54. The van der Waals surface area contributed by atoms with E-state index in [1.54, 1.807) is 48.5 Å². The molecule has 1 fully saturated rings. The van der Waals surface area contributed by atoms with Crippen molar-refractivity contribution in [3.05, 3.63) is 95.1 Å². The molecule has 1 atom stereocenters. The van der Waals surface area contributed by atoms with Crippen LogP contribution >= 0.6 is 0 Å². The molecular weight excluding hydrogens is 424 g/mol. The quantitative estimate of drug-likeness (QED) is 0.618. The molecule has 0 saturated carbocycles. The molecule has 0 aromatic heterocycles. The molecule has 162 valence electrons. The number of rotatable bonds is 3. The summed E-state index contributed by atoms with van der Waals surface area (Å²) >= 11 is 0. The van der Waals surface area contributed by atoms with Gasteiger partial charge in [0, 0.05) is 11.3 Å². The van der Waals surface area contributed by atoms with Crippen LogP contribution in [0, 0.1) is 13.8 Å². The van der Waals surface area contributed by atoms with Crippen molar-refractivity contribution in [3.63, 3.8) is 0 Å². The summed E-state index contributed by atoms with van der Waals surface area (Å²) in [5.74, 6) is -1.93. The second-order valence-corrected chi connectivity index (χ2v) is 10.5. The fraction of sp³-hybridized carbons (Fsp3) is 0.200. The first-order valence-corrected chi connectivity index (χ1v) is 12.0. The van der Waals surface area contributed by atoms with Gasteiger partial charge in [-0.3, -0.25) is 14.5 Å². The highest BCUT2D eigenvalue weighted by atomic mass is 32.2. The molecule has 0 bridgehead atoms. The third-order valence-electron chi connectivity index (χ3n) is 6.14. The predicted octanol–water partition coefficient (Wildman–Crippen LogP) is 3.46. The lowest BCUT2D eigenvalue weighted by molar-refractivity contribution is -0.123. The summed E-state index contributed by atoms with van der Waals surface area (Å²) in [4.78, 5) is 27.7. The van der Waals surface area contributed by atoms with Crippen molar-refractivity contribution in [2.75, 3.05) is 15.6 Å². The number of nitrogens with zero attached hydrogens (tertiary/aromatic N) is 2. The molecule has 1 spiro atoms. The van der Waals surface area contributed by atoms with Gasteiger partial charge < -0.3 is 4.90 Å². The zero-order valence-corrected chi connectivity index (χ0v) is 18.6. The van der Waals surface area contributed by atoms with E-state index >= 15 is 0 Å². The lowest BCUT2D eigenvalue weighted by atomic mass is 10.0. The number of para-hydroxylation sites is 1. The van der Waals surface area contributed by atoms with Crippen molar-refractivity contribution < 1.29 is 18.0 Å². The second kappa shape index (κ2) is 7.03. The molecule has 0 N–H and O–H groups in total. The van der Waals surface area contributed by atoms with Crippen LogP contribution in [0.15, 0.2) is 72.8 Å². The molecule has 7 heteroatoms. The van der Waals surface area contributed by atoms with E-state index in [0.29, 0.717) is 16.9 Å². The maximum absolute atomic E-state index is 14.0. The largest absolute Gasteiger partial charge is 0.304 e. The van der Waals surface area contributed by atoms with Crippen molar-refractivity contribution in [3.8, 4) is 0 Å². The third kappa shape index (κ3) is 2.74. The minimum absolute atomic E-state index is 0.213. The molecule has 32 heavy (non-hydrogen) atoms. The fourth-order valence-corrected chi connectivity index (χ4v) is 6.77. The highest BCUT2D eigenvalue weighted by Gasteiger charge is 2.69. The van der Waals surface area contributed by atoms with E-state index < -0.39 is 32.3 Å². The molecule has 2 heterocycles. The van der Waals surface area contributed by atoms with E-state index in [1.807, 2.05) is 38.1 Å². The van der Waals surface area contributed by atoms with Crippen molar-refractivity contribution >= 4 is 33.0 Å². The Morgan fingerprint density at radius 2 is 1.59 bits per heavy atom. The number of aryl methyl sites for hydroxylation is 2. The van der Waals surface area contributed by atoms with Gasteiger partial charge in [-0.05, 0) is 37.6 Å². The first-order chi connectivity index (χ1) is 15.3.